The van der Waals surface area contributed by atoms with Crippen molar-refractivity contribution in [2.45, 2.75) is 64.0 Å². The topological polar surface area (TPSA) is 50.1 Å². The maximum Gasteiger partial charge on any atom is 0.168 e. The number of tetrazole rings is 1. The van der Waals surface area contributed by atoms with Crippen LogP contribution in [0.3, 0.4) is 0 Å². The number of benzene rings is 1. The zero-order valence-corrected chi connectivity index (χ0v) is 16.5. The van der Waals surface area contributed by atoms with E-state index in [1.54, 1.807) is 0 Å². The number of para-hydroxylation sites is 1. The lowest BCUT2D eigenvalue weighted by Crippen LogP contribution is -2.48. The quantitative estimate of drug-likeness (QED) is 0.775. The maximum absolute atomic E-state index is 4.51. The summed E-state index contributed by atoms with van der Waals surface area (Å²) < 4.78 is 2.17. The van der Waals surface area contributed by atoms with Crippen molar-refractivity contribution < 1.29 is 0 Å². The van der Waals surface area contributed by atoms with E-state index in [9.17, 15) is 0 Å². The predicted molar refractivity (Wildman–Crippen MR) is 108 cm³/mol. The Bertz CT molecular complexity index is 686. The van der Waals surface area contributed by atoms with E-state index in [0.717, 1.165) is 44.8 Å². The molecule has 0 radical (unpaired) electrons. The molecule has 1 aromatic heterocycles. The fourth-order valence-electron chi connectivity index (χ4n) is 4.68. The van der Waals surface area contributed by atoms with Gasteiger partial charge in [-0.25, -0.2) is 4.68 Å². The zero-order chi connectivity index (χ0) is 18.5. The van der Waals surface area contributed by atoms with Gasteiger partial charge in [0.25, 0.3) is 0 Å². The molecule has 6 heteroatoms. The number of hydrogen-bond donors (Lipinski definition) is 0. The van der Waals surface area contributed by atoms with Crippen LogP contribution in [0, 0.1) is 0 Å². The number of anilines is 1. The van der Waals surface area contributed by atoms with Crippen LogP contribution in [0.2, 0.25) is 0 Å². The molecule has 2 heterocycles. The molecule has 1 aliphatic carbocycles. The molecule has 0 N–H and O–H groups in total. The molecular weight excluding hydrogens is 336 g/mol. The van der Waals surface area contributed by atoms with E-state index in [4.69, 9.17) is 0 Å². The summed E-state index contributed by atoms with van der Waals surface area (Å²) in [5.74, 6) is 1.09. The summed E-state index contributed by atoms with van der Waals surface area (Å²) in [5, 5.41) is 13.0. The third-order valence-electron chi connectivity index (χ3n) is 6.18. The minimum Gasteiger partial charge on any atom is -0.369 e. The molecule has 1 saturated carbocycles. The maximum atomic E-state index is 4.51. The van der Waals surface area contributed by atoms with Crippen molar-refractivity contribution >= 4 is 5.69 Å². The van der Waals surface area contributed by atoms with Gasteiger partial charge in [-0.1, -0.05) is 50.8 Å². The highest BCUT2D eigenvalue weighted by Gasteiger charge is 2.30. The summed E-state index contributed by atoms with van der Waals surface area (Å²) in [6.07, 6.45) is 8.68. The summed E-state index contributed by atoms with van der Waals surface area (Å²) in [4.78, 5) is 5.09. The monoisotopic (exact) mass is 368 g/mol. The molecule has 2 aromatic rings. The van der Waals surface area contributed by atoms with Gasteiger partial charge in [0.05, 0.1) is 12.1 Å². The lowest BCUT2D eigenvalue weighted by molar-refractivity contribution is 0.158. The summed E-state index contributed by atoms with van der Waals surface area (Å²) in [6.45, 7) is 6.53. The van der Waals surface area contributed by atoms with Crippen LogP contribution in [-0.2, 0) is 0 Å². The van der Waals surface area contributed by atoms with Crippen molar-refractivity contribution in [1.29, 1.82) is 0 Å². The molecule has 0 amide bonds. The molecule has 146 valence electrons. The molecule has 2 fully saturated rings. The van der Waals surface area contributed by atoms with Gasteiger partial charge in [-0.2, -0.15) is 0 Å². The average Bonchev–Trinajstić information content (AvgIpc) is 3.23. The second kappa shape index (κ2) is 8.83. The Labute approximate surface area is 162 Å². The molecule has 0 bridgehead atoms. The first kappa shape index (κ1) is 18.4. The van der Waals surface area contributed by atoms with E-state index < -0.39 is 0 Å². The Morgan fingerprint density at radius 1 is 1.00 bits per heavy atom. The summed E-state index contributed by atoms with van der Waals surface area (Å²) in [6, 6.07) is 11.6. The fourth-order valence-corrected chi connectivity index (χ4v) is 4.68. The minimum atomic E-state index is 0.338. The van der Waals surface area contributed by atoms with E-state index in [1.165, 1.54) is 37.8 Å². The van der Waals surface area contributed by atoms with E-state index in [2.05, 4.69) is 67.3 Å². The number of aromatic nitrogens is 4. The normalized spacial score (nSPS) is 20.7. The second-order valence-electron chi connectivity index (χ2n) is 7.94. The Morgan fingerprint density at radius 3 is 2.44 bits per heavy atom. The molecule has 27 heavy (non-hydrogen) atoms. The first-order valence-electron chi connectivity index (χ1n) is 10.7. The molecule has 0 spiro atoms. The fraction of sp³-hybridized carbons (Fsp3) is 0.667. The van der Waals surface area contributed by atoms with Crippen LogP contribution in [0.1, 0.15) is 69.8 Å². The molecule has 1 aliphatic heterocycles. The highest BCUT2D eigenvalue weighted by molar-refractivity contribution is 5.46. The van der Waals surface area contributed by atoms with E-state index in [1.807, 2.05) is 0 Å². The van der Waals surface area contributed by atoms with Gasteiger partial charge in [-0.05, 0) is 41.8 Å². The predicted octanol–water partition coefficient (Wildman–Crippen LogP) is 3.84. The standard InChI is InChI=1S/C21H32N6/c1-2-9-20(21-22-23-24-27(21)19-12-7-4-8-13-19)26-16-14-25(15-17-26)18-10-5-3-6-11-18/h3,5-6,10-11,19-20H,2,4,7-9,12-17H2,1H3/t20-/m1/s1. The van der Waals surface area contributed by atoms with E-state index in [0.29, 0.717) is 12.1 Å². The van der Waals surface area contributed by atoms with Crippen LogP contribution < -0.4 is 4.90 Å². The van der Waals surface area contributed by atoms with Crippen LogP contribution in [0.4, 0.5) is 5.69 Å². The van der Waals surface area contributed by atoms with E-state index >= 15 is 0 Å². The molecule has 6 nitrogen and oxygen atoms in total. The molecule has 2 aliphatic rings. The third-order valence-corrected chi connectivity index (χ3v) is 6.18. The molecule has 4 rings (SSSR count). The van der Waals surface area contributed by atoms with Crippen molar-refractivity contribution in [2.24, 2.45) is 0 Å². The molecule has 0 unspecified atom stereocenters. The first-order chi connectivity index (χ1) is 13.4. The Hall–Kier alpha value is -1.95. The van der Waals surface area contributed by atoms with Gasteiger partial charge in [0, 0.05) is 31.9 Å². The SMILES string of the molecule is CCC[C@H](c1nnnn1C1CCCCC1)N1CCN(c2ccccc2)CC1. The van der Waals surface area contributed by atoms with Crippen LogP contribution >= 0.6 is 0 Å². The van der Waals surface area contributed by atoms with Gasteiger partial charge in [0.15, 0.2) is 5.82 Å². The summed E-state index contributed by atoms with van der Waals surface area (Å²) >= 11 is 0. The Kier molecular flexibility index (Phi) is 6.02. The largest absolute Gasteiger partial charge is 0.369 e. The number of piperazine rings is 1. The number of rotatable bonds is 6. The van der Waals surface area contributed by atoms with Gasteiger partial charge in [-0.3, -0.25) is 4.90 Å². The van der Waals surface area contributed by atoms with Gasteiger partial charge in [0.1, 0.15) is 0 Å². The van der Waals surface area contributed by atoms with Crippen molar-refractivity contribution in [3.8, 4) is 0 Å². The molecule has 1 atom stereocenters. The number of nitrogens with zero attached hydrogens (tertiary/aromatic N) is 6. The molecular formula is C21H32N6. The lowest BCUT2D eigenvalue weighted by atomic mass is 9.95. The Balaban J connectivity index is 1.47. The van der Waals surface area contributed by atoms with Gasteiger partial charge in [-0.15, -0.1) is 5.10 Å². The van der Waals surface area contributed by atoms with Crippen molar-refractivity contribution in [3.63, 3.8) is 0 Å². The lowest BCUT2D eigenvalue weighted by Gasteiger charge is -2.40. The highest BCUT2D eigenvalue weighted by Crippen LogP contribution is 2.32. The third kappa shape index (κ3) is 4.15. The Morgan fingerprint density at radius 2 is 1.74 bits per heavy atom. The van der Waals surface area contributed by atoms with Crippen LogP contribution in [0.5, 0.6) is 0 Å². The van der Waals surface area contributed by atoms with Gasteiger partial charge >= 0.3 is 0 Å². The zero-order valence-electron chi connectivity index (χ0n) is 16.5. The highest BCUT2D eigenvalue weighted by atomic mass is 15.6. The number of hydrogen-bond acceptors (Lipinski definition) is 5. The van der Waals surface area contributed by atoms with Gasteiger partial charge < -0.3 is 4.90 Å². The molecule has 1 saturated heterocycles. The molecule has 1 aromatic carbocycles. The van der Waals surface area contributed by atoms with Crippen LogP contribution in [0.15, 0.2) is 30.3 Å². The van der Waals surface area contributed by atoms with Crippen molar-refractivity contribution in [3.05, 3.63) is 36.2 Å². The smallest absolute Gasteiger partial charge is 0.168 e. The summed E-state index contributed by atoms with van der Waals surface area (Å²) in [7, 11) is 0. The summed E-state index contributed by atoms with van der Waals surface area (Å²) in [5.41, 5.74) is 1.33. The average molecular weight is 369 g/mol. The van der Waals surface area contributed by atoms with Crippen LogP contribution in [-0.4, -0.2) is 51.3 Å². The van der Waals surface area contributed by atoms with E-state index in [-0.39, 0.29) is 0 Å². The van der Waals surface area contributed by atoms with Crippen molar-refractivity contribution in [1.82, 2.24) is 25.1 Å². The van der Waals surface area contributed by atoms with Gasteiger partial charge in [0.2, 0.25) is 0 Å². The van der Waals surface area contributed by atoms with Crippen molar-refractivity contribution in [2.75, 3.05) is 31.1 Å². The first-order valence-corrected chi connectivity index (χ1v) is 10.7. The minimum absolute atomic E-state index is 0.338. The second-order valence-corrected chi connectivity index (χ2v) is 7.94. The van der Waals surface area contributed by atoms with Crippen LogP contribution in [0.25, 0.3) is 0 Å².